The monoisotopic (exact) mass is 320 g/mol. The number of aliphatic hydroxyl groups is 1. The Balaban J connectivity index is 2.24. The molecule has 0 saturated carbocycles. The number of fused-ring (bicyclic) bond motifs is 1. The first-order valence-electron chi connectivity index (χ1n) is 7.20. The number of H-pyrrole nitrogens is 2. The summed E-state index contributed by atoms with van der Waals surface area (Å²) in [5, 5.41) is 16.0. The van der Waals surface area contributed by atoms with Crippen LogP contribution in [0.3, 0.4) is 0 Å². The highest BCUT2D eigenvalue weighted by Gasteiger charge is 2.51. The van der Waals surface area contributed by atoms with Crippen molar-refractivity contribution in [2.45, 2.75) is 24.9 Å². The fourth-order valence-electron chi connectivity index (χ4n) is 3.41. The number of ether oxygens (including phenoxy) is 1. The minimum absolute atomic E-state index is 0.110. The third-order valence-corrected chi connectivity index (χ3v) is 4.43. The molecule has 3 unspecified atom stereocenters. The van der Waals surface area contributed by atoms with E-state index in [1.165, 1.54) is 38.3 Å². The summed E-state index contributed by atoms with van der Waals surface area (Å²) in [5.74, 6) is -2.73. The molecule has 0 fully saturated rings. The first-order valence-corrected chi connectivity index (χ1v) is 7.20. The molecule has 1 heterocycles. The smallest absolute Gasteiger partial charge is 0.312 e. The minimum Gasteiger partial charge on any atom is -0.469 e. The van der Waals surface area contributed by atoms with E-state index in [0.29, 0.717) is 16.8 Å². The quantitative estimate of drug-likeness (QED) is 0.721. The molecule has 0 bridgehead atoms. The zero-order valence-corrected chi connectivity index (χ0v) is 12.7. The van der Waals surface area contributed by atoms with E-state index >= 15 is 0 Å². The van der Waals surface area contributed by atoms with E-state index in [0.717, 1.165) is 0 Å². The van der Waals surface area contributed by atoms with Crippen LogP contribution in [0.2, 0.25) is 0 Å². The van der Waals surface area contributed by atoms with Crippen molar-refractivity contribution >= 4 is 5.97 Å². The van der Waals surface area contributed by atoms with Gasteiger partial charge in [0.25, 0.3) is 5.56 Å². The normalized spacial score (nSPS) is 26.6. The van der Waals surface area contributed by atoms with Crippen LogP contribution in [0.15, 0.2) is 29.1 Å². The summed E-state index contributed by atoms with van der Waals surface area (Å²) in [5.41, 5.74) is -0.301. The van der Waals surface area contributed by atoms with Crippen molar-refractivity contribution in [2.75, 3.05) is 7.11 Å². The van der Waals surface area contributed by atoms with Crippen molar-refractivity contribution < 1.29 is 19.0 Å². The van der Waals surface area contributed by atoms with Crippen LogP contribution in [-0.4, -0.2) is 34.0 Å². The van der Waals surface area contributed by atoms with Crippen LogP contribution in [0.25, 0.3) is 0 Å². The Hall–Kier alpha value is -2.41. The van der Waals surface area contributed by atoms with Crippen LogP contribution >= 0.6 is 0 Å². The summed E-state index contributed by atoms with van der Waals surface area (Å²) < 4.78 is 18.1. The van der Waals surface area contributed by atoms with Gasteiger partial charge in [-0.1, -0.05) is 12.1 Å². The Morgan fingerprint density at radius 2 is 2.00 bits per heavy atom. The number of aromatic amines is 2. The summed E-state index contributed by atoms with van der Waals surface area (Å²) in [6.45, 7) is 1.53. The Labute approximate surface area is 131 Å². The molecule has 1 aliphatic rings. The lowest BCUT2D eigenvalue weighted by atomic mass is 9.66. The lowest BCUT2D eigenvalue weighted by Gasteiger charge is -2.40. The first kappa shape index (κ1) is 15.5. The number of carbonyl (C=O) groups excluding carboxylic acids is 1. The predicted molar refractivity (Wildman–Crippen MR) is 79.5 cm³/mol. The molecule has 3 N–H and O–H groups in total. The average molecular weight is 320 g/mol. The molecule has 23 heavy (non-hydrogen) atoms. The van der Waals surface area contributed by atoms with E-state index in [2.05, 4.69) is 10.2 Å². The number of halogens is 1. The number of benzene rings is 1. The molecular formula is C16H17FN2O4. The van der Waals surface area contributed by atoms with Gasteiger partial charge in [0, 0.05) is 23.6 Å². The molecule has 3 atom stereocenters. The second kappa shape index (κ2) is 5.34. The predicted octanol–water partition coefficient (Wildman–Crippen LogP) is 1.07. The molecule has 1 aliphatic carbocycles. The van der Waals surface area contributed by atoms with Crippen LogP contribution in [0.1, 0.15) is 29.7 Å². The van der Waals surface area contributed by atoms with E-state index in [4.69, 9.17) is 4.74 Å². The van der Waals surface area contributed by atoms with Gasteiger partial charge in [0.1, 0.15) is 5.82 Å². The number of hydrogen-bond donors (Lipinski definition) is 3. The lowest BCUT2D eigenvalue weighted by molar-refractivity contribution is -0.156. The fourth-order valence-corrected chi connectivity index (χ4v) is 3.41. The number of rotatable bonds is 2. The van der Waals surface area contributed by atoms with E-state index < -0.39 is 29.2 Å². The lowest BCUT2D eigenvalue weighted by Crippen LogP contribution is -2.49. The van der Waals surface area contributed by atoms with Crippen molar-refractivity contribution in [3.05, 3.63) is 57.3 Å². The van der Waals surface area contributed by atoms with Gasteiger partial charge in [-0.15, -0.1) is 0 Å². The van der Waals surface area contributed by atoms with Crippen LogP contribution in [-0.2, 0) is 16.0 Å². The standard InChI is InChI=1S/C16H17FN2O4/c1-16(22)7-10-12(14(20)19-18-10)11(13(16)15(21)23-2)8-3-5-9(17)6-4-8/h3-6,11,13,22H,7H2,1-2H3,(H2,18,19,20). The van der Waals surface area contributed by atoms with E-state index in [1.54, 1.807) is 0 Å². The van der Waals surface area contributed by atoms with Gasteiger partial charge < -0.3 is 14.9 Å². The Bertz CT molecular complexity index is 791. The third kappa shape index (κ3) is 2.46. The van der Waals surface area contributed by atoms with Crippen molar-refractivity contribution in [3.63, 3.8) is 0 Å². The zero-order valence-electron chi connectivity index (χ0n) is 12.7. The van der Waals surface area contributed by atoms with Gasteiger partial charge >= 0.3 is 5.97 Å². The highest BCUT2D eigenvalue weighted by molar-refractivity contribution is 5.77. The molecule has 7 heteroatoms. The molecule has 0 spiro atoms. The zero-order chi connectivity index (χ0) is 16.8. The van der Waals surface area contributed by atoms with Crippen LogP contribution < -0.4 is 5.56 Å². The summed E-state index contributed by atoms with van der Waals surface area (Å²) in [6, 6.07) is 5.53. The van der Waals surface area contributed by atoms with Gasteiger partial charge in [0.15, 0.2) is 0 Å². The number of methoxy groups -OCH3 is 1. The summed E-state index contributed by atoms with van der Waals surface area (Å²) >= 11 is 0. The van der Waals surface area contributed by atoms with Crippen molar-refractivity contribution in [3.8, 4) is 0 Å². The molecule has 0 saturated heterocycles. The van der Waals surface area contributed by atoms with Crippen molar-refractivity contribution in [1.82, 2.24) is 10.2 Å². The topological polar surface area (TPSA) is 95.2 Å². The SMILES string of the molecule is COC(=O)C1C(c2ccc(F)cc2)c2c([nH][nH]c2=O)CC1(C)O. The molecule has 0 radical (unpaired) electrons. The van der Waals surface area contributed by atoms with Gasteiger partial charge in [0.05, 0.1) is 18.6 Å². The summed E-state index contributed by atoms with van der Waals surface area (Å²) in [7, 11) is 1.23. The van der Waals surface area contributed by atoms with Crippen LogP contribution in [0, 0.1) is 11.7 Å². The number of hydrogen-bond acceptors (Lipinski definition) is 4. The Morgan fingerprint density at radius 3 is 2.61 bits per heavy atom. The van der Waals surface area contributed by atoms with Crippen molar-refractivity contribution in [2.24, 2.45) is 5.92 Å². The number of nitrogens with one attached hydrogen (secondary N) is 2. The van der Waals surface area contributed by atoms with E-state index in [-0.39, 0.29) is 12.0 Å². The minimum atomic E-state index is -1.41. The molecule has 6 nitrogen and oxygen atoms in total. The molecule has 2 aromatic rings. The Morgan fingerprint density at radius 1 is 1.35 bits per heavy atom. The number of aromatic nitrogens is 2. The van der Waals surface area contributed by atoms with Crippen molar-refractivity contribution in [1.29, 1.82) is 0 Å². The highest BCUT2D eigenvalue weighted by Crippen LogP contribution is 2.44. The largest absolute Gasteiger partial charge is 0.469 e. The molecule has 0 aliphatic heterocycles. The molecule has 122 valence electrons. The second-order valence-corrected chi connectivity index (χ2v) is 6.04. The maximum absolute atomic E-state index is 13.2. The number of esters is 1. The third-order valence-electron chi connectivity index (χ3n) is 4.43. The van der Waals surface area contributed by atoms with Crippen LogP contribution in [0.4, 0.5) is 4.39 Å². The molecular weight excluding hydrogens is 303 g/mol. The molecule has 1 aromatic carbocycles. The van der Waals surface area contributed by atoms with Gasteiger partial charge in [0.2, 0.25) is 0 Å². The van der Waals surface area contributed by atoms with Gasteiger partial charge in [-0.05, 0) is 24.6 Å². The maximum atomic E-state index is 13.2. The van der Waals surface area contributed by atoms with Gasteiger partial charge in [-0.2, -0.15) is 0 Å². The fraction of sp³-hybridized carbons (Fsp3) is 0.375. The number of carbonyl (C=O) groups is 1. The molecule has 0 amide bonds. The highest BCUT2D eigenvalue weighted by atomic mass is 19.1. The van der Waals surface area contributed by atoms with Gasteiger partial charge in [-0.25, -0.2) is 4.39 Å². The average Bonchev–Trinajstić information content (AvgIpc) is 2.85. The van der Waals surface area contributed by atoms with E-state index in [9.17, 15) is 19.1 Å². The van der Waals surface area contributed by atoms with E-state index in [1.807, 2.05) is 0 Å². The molecule has 3 rings (SSSR count). The van der Waals surface area contributed by atoms with Crippen LogP contribution in [0.5, 0.6) is 0 Å². The van der Waals surface area contributed by atoms with Gasteiger partial charge in [-0.3, -0.25) is 14.7 Å². The Kier molecular flexibility index (Phi) is 3.60. The summed E-state index contributed by atoms with van der Waals surface area (Å²) in [6.07, 6.45) is 0.110. The maximum Gasteiger partial charge on any atom is 0.312 e. The second-order valence-electron chi connectivity index (χ2n) is 6.04. The first-order chi connectivity index (χ1) is 10.8. The molecule has 1 aromatic heterocycles. The summed E-state index contributed by atoms with van der Waals surface area (Å²) in [4.78, 5) is 24.5.